The van der Waals surface area contributed by atoms with E-state index in [9.17, 15) is 14.9 Å². The molecule has 0 aromatic heterocycles. The molecule has 1 aliphatic rings. The van der Waals surface area contributed by atoms with Crippen LogP contribution >= 0.6 is 11.6 Å². The largest absolute Gasteiger partial charge is 0.332 e. The van der Waals surface area contributed by atoms with Gasteiger partial charge in [-0.15, -0.1) is 6.58 Å². The number of halogens is 1. The van der Waals surface area contributed by atoms with Crippen molar-refractivity contribution >= 4 is 23.2 Å². The second-order valence-electron chi connectivity index (χ2n) is 5.08. The predicted octanol–water partition coefficient (Wildman–Crippen LogP) is 3.82. The highest BCUT2D eigenvalue weighted by molar-refractivity contribution is 6.33. The van der Waals surface area contributed by atoms with Crippen molar-refractivity contribution < 1.29 is 9.72 Å². The average molecular weight is 309 g/mol. The van der Waals surface area contributed by atoms with Crippen LogP contribution in [0.1, 0.15) is 36.0 Å². The molecule has 0 N–H and O–H groups in total. The first kappa shape index (κ1) is 15.5. The summed E-state index contributed by atoms with van der Waals surface area (Å²) >= 11 is 5.88. The second-order valence-corrected chi connectivity index (χ2v) is 5.48. The van der Waals surface area contributed by atoms with Crippen LogP contribution < -0.4 is 0 Å². The van der Waals surface area contributed by atoms with Gasteiger partial charge in [0.2, 0.25) is 0 Å². The number of carbonyl (C=O) groups is 1. The Morgan fingerprint density at radius 1 is 1.48 bits per heavy atom. The Kier molecular flexibility index (Phi) is 4.96. The summed E-state index contributed by atoms with van der Waals surface area (Å²) in [6, 6.07) is 4.55. The van der Waals surface area contributed by atoms with Gasteiger partial charge in [0.1, 0.15) is 10.6 Å². The van der Waals surface area contributed by atoms with Crippen molar-refractivity contribution in [2.45, 2.75) is 31.7 Å². The topological polar surface area (TPSA) is 63.5 Å². The number of hydrogen-bond acceptors (Lipinski definition) is 3. The van der Waals surface area contributed by atoms with Crippen LogP contribution in [0.5, 0.6) is 0 Å². The van der Waals surface area contributed by atoms with E-state index in [-0.39, 0.29) is 28.2 Å². The van der Waals surface area contributed by atoms with E-state index in [0.717, 1.165) is 25.7 Å². The molecule has 0 bridgehead atoms. The Balaban J connectivity index is 2.39. The first-order chi connectivity index (χ1) is 10.1. The lowest BCUT2D eigenvalue weighted by molar-refractivity contribution is -0.385. The molecule has 1 amide bonds. The Labute approximate surface area is 128 Å². The molecular formula is C15H17ClN2O3. The van der Waals surface area contributed by atoms with Crippen molar-refractivity contribution in [2.75, 3.05) is 6.54 Å². The molecule has 1 aromatic rings. The van der Waals surface area contributed by atoms with E-state index in [1.807, 2.05) is 0 Å². The first-order valence-electron chi connectivity index (χ1n) is 6.91. The molecular weight excluding hydrogens is 292 g/mol. The van der Waals surface area contributed by atoms with Gasteiger partial charge in [0.25, 0.3) is 5.91 Å². The maximum absolute atomic E-state index is 12.7. The van der Waals surface area contributed by atoms with Crippen LogP contribution in [0.2, 0.25) is 5.02 Å². The first-order valence-corrected chi connectivity index (χ1v) is 7.28. The maximum atomic E-state index is 12.7. The van der Waals surface area contributed by atoms with Gasteiger partial charge >= 0.3 is 5.69 Å². The maximum Gasteiger partial charge on any atom is 0.300 e. The summed E-state index contributed by atoms with van der Waals surface area (Å²) in [6.45, 7) is 4.05. The number of rotatable bonds is 5. The highest BCUT2D eigenvalue weighted by Crippen LogP contribution is 2.31. The van der Waals surface area contributed by atoms with Crippen molar-refractivity contribution in [1.82, 2.24) is 4.90 Å². The number of nitro benzene ring substituents is 1. The molecule has 0 aliphatic heterocycles. The smallest absolute Gasteiger partial charge is 0.300 e. The fourth-order valence-corrected chi connectivity index (χ4v) is 3.02. The average Bonchev–Trinajstić information content (AvgIpc) is 2.97. The summed E-state index contributed by atoms with van der Waals surface area (Å²) in [5.74, 6) is -0.351. The normalized spacial score (nSPS) is 14.9. The zero-order valence-corrected chi connectivity index (χ0v) is 12.4. The molecule has 1 fully saturated rings. The van der Waals surface area contributed by atoms with Crippen molar-refractivity contribution in [1.29, 1.82) is 0 Å². The Morgan fingerprint density at radius 3 is 2.71 bits per heavy atom. The summed E-state index contributed by atoms with van der Waals surface area (Å²) in [5, 5.41) is 11.2. The summed E-state index contributed by atoms with van der Waals surface area (Å²) in [6.07, 6.45) is 5.64. The lowest BCUT2D eigenvalue weighted by Gasteiger charge is -2.27. The molecule has 21 heavy (non-hydrogen) atoms. The van der Waals surface area contributed by atoms with E-state index >= 15 is 0 Å². The molecule has 1 saturated carbocycles. The molecule has 2 rings (SSSR count). The summed E-state index contributed by atoms with van der Waals surface area (Å²) in [4.78, 5) is 25.0. The van der Waals surface area contributed by atoms with Crippen LogP contribution in [0.15, 0.2) is 30.9 Å². The Hall–Kier alpha value is -1.88. The van der Waals surface area contributed by atoms with Gasteiger partial charge in [0, 0.05) is 12.6 Å². The van der Waals surface area contributed by atoms with Gasteiger partial charge in [0.05, 0.1) is 4.92 Å². The van der Waals surface area contributed by atoms with E-state index in [1.54, 1.807) is 17.0 Å². The number of nitrogens with zero attached hydrogens (tertiary/aromatic N) is 2. The van der Waals surface area contributed by atoms with Gasteiger partial charge in [-0.25, -0.2) is 0 Å². The fraction of sp³-hybridized carbons (Fsp3) is 0.400. The number of carbonyl (C=O) groups excluding carboxylic acids is 1. The minimum absolute atomic E-state index is 0.0178. The molecule has 0 saturated heterocycles. The van der Waals surface area contributed by atoms with Crippen LogP contribution in [0.3, 0.4) is 0 Å². The van der Waals surface area contributed by atoms with Crippen LogP contribution in [0, 0.1) is 10.1 Å². The van der Waals surface area contributed by atoms with Crippen LogP contribution in [0.4, 0.5) is 5.69 Å². The standard InChI is InChI=1S/C15H17ClN2O3/c1-2-10-17(11-6-3-4-7-11)15(19)12-8-5-9-13(16)14(12)18(20)21/h2,5,8-9,11H,1,3-4,6-7,10H2. The number of hydrogen-bond donors (Lipinski definition) is 0. The van der Waals surface area contributed by atoms with Gasteiger partial charge in [0.15, 0.2) is 0 Å². The molecule has 1 aliphatic carbocycles. The van der Waals surface area contributed by atoms with Gasteiger partial charge in [-0.3, -0.25) is 14.9 Å². The molecule has 112 valence electrons. The van der Waals surface area contributed by atoms with Crippen molar-refractivity contribution in [2.24, 2.45) is 0 Å². The molecule has 0 radical (unpaired) electrons. The highest BCUT2D eigenvalue weighted by Gasteiger charge is 2.31. The molecule has 0 atom stereocenters. The van der Waals surface area contributed by atoms with Gasteiger partial charge < -0.3 is 4.90 Å². The zero-order valence-electron chi connectivity index (χ0n) is 11.6. The van der Waals surface area contributed by atoms with Crippen molar-refractivity contribution in [3.63, 3.8) is 0 Å². The van der Waals surface area contributed by atoms with Crippen LogP contribution in [-0.2, 0) is 0 Å². The zero-order chi connectivity index (χ0) is 15.4. The Bertz CT molecular complexity index is 568. The SMILES string of the molecule is C=CCN(C(=O)c1cccc(Cl)c1[N+](=O)[O-])C1CCCC1. The Morgan fingerprint density at radius 2 is 2.14 bits per heavy atom. The van der Waals surface area contributed by atoms with E-state index in [1.165, 1.54) is 12.1 Å². The number of benzene rings is 1. The van der Waals surface area contributed by atoms with Gasteiger partial charge in [-0.05, 0) is 25.0 Å². The molecule has 5 nitrogen and oxygen atoms in total. The molecule has 0 heterocycles. The molecule has 6 heteroatoms. The molecule has 0 spiro atoms. The van der Waals surface area contributed by atoms with Gasteiger partial charge in [-0.1, -0.05) is 36.6 Å². The van der Waals surface area contributed by atoms with E-state index in [4.69, 9.17) is 11.6 Å². The lowest BCUT2D eigenvalue weighted by atomic mass is 10.1. The summed E-state index contributed by atoms with van der Waals surface area (Å²) in [7, 11) is 0. The molecule has 0 unspecified atom stereocenters. The number of nitro groups is 1. The van der Waals surface area contributed by atoms with Crippen LogP contribution in [-0.4, -0.2) is 28.3 Å². The third-order valence-corrected chi connectivity index (χ3v) is 4.06. The molecule has 1 aromatic carbocycles. The van der Waals surface area contributed by atoms with Gasteiger partial charge in [-0.2, -0.15) is 0 Å². The van der Waals surface area contributed by atoms with E-state index < -0.39 is 4.92 Å². The van der Waals surface area contributed by atoms with Crippen molar-refractivity contribution in [3.8, 4) is 0 Å². The summed E-state index contributed by atoms with van der Waals surface area (Å²) in [5.41, 5.74) is -0.280. The minimum atomic E-state index is -0.601. The fourth-order valence-electron chi connectivity index (χ4n) is 2.78. The number of amides is 1. The van der Waals surface area contributed by atoms with Crippen molar-refractivity contribution in [3.05, 3.63) is 51.6 Å². The monoisotopic (exact) mass is 308 g/mol. The summed E-state index contributed by atoms with van der Waals surface area (Å²) < 4.78 is 0. The predicted molar refractivity (Wildman–Crippen MR) is 81.6 cm³/mol. The third-order valence-electron chi connectivity index (χ3n) is 3.75. The van der Waals surface area contributed by atoms with E-state index in [0.29, 0.717) is 6.54 Å². The third kappa shape index (κ3) is 3.24. The quantitative estimate of drug-likeness (QED) is 0.472. The second kappa shape index (κ2) is 6.72. The van der Waals surface area contributed by atoms with Crippen LogP contribution in [0.25, 0.3) is 0 Å². The van der Waals surface area contributed by atoms with E-state index in [2.05, 4.69) is 6.58 Å². The highest BCUT2D eigenvalue weighted by atomic mass is 35.5. The lowest BCUT2D eigenvalue weighted by Crippen LogP contribution is -2.39. The minimum Gasteiger partial charge on any atom is -0.332 e. The number of para-hydroxylation sites is 1.